The van der Waals surface area contributed by atoms with Crippen molar-refractivity contribution < 1.29 is 9.90 Å². The average molecular weight is 241 g/mol. The summed E-state index contributed by atoms with van der Waals surface area (Å²) in [7, 11) is 0. The van der Waals surface area contributed by atoms with Crippen molar-refractivity contribution in [2.45, 2.75) is 13.0 Å². The van der Waals surface area contributed by atoms with Gasteiger partial charge in [-0.25, -0.2) is 0 Å². The van der Waals surface area contributed by atoms with Crippen LogP contribution in [0, 0.1) is 6.92 Å². The number of benzene rings is 2. The number of hydrogen-bond acceptors (Lipinski definition) is 3. The van der Waals surface area contributed by atoms with Gasteiger partial charge in [-0.05, 0) is 12.5 Å². The molecule has 1 atom stereocenters. The van der Waals surface area contributed by atoms with Crippen LogP contribution in [0.15, 0.2) is 48.5 Å². The molecule has 3 N–H and O–H groups in total. The maximum absolute atomic E-state index is 12.1. The SMILES string of the molecule is Cc1cccc(C(O)C(=O)c2ccccc2)c1N. The Morgan fingerprint density at radius 1 is 1.11 bits per heavy atom. The van der Waals surface area contributed by atoms with Crippen LogP contribution >= 0.6 is 0 Å². The van der Waals surface area contributed by atoms with Crippen molar-refractivity contribution in [1.82, 2.24) is 0 Å². The molecule has 2 aromatic carbocycles. The molecule has 0 heterocycles. The lowest BCUT2D eigenvalue weighted by Gasteiger charge is -2.14. The molecule has 3 heteroatoms. The number of Topliss-reactive ketones (excluding diaryl/α,β-unsaturated/α-hetero) is 1. The summed E-state index contributed by atoms with van der Waals surface area (Å²) in [6, 6.07) is 14.0. The Morgan fingerprint density at radius 2 is 1.78 bits per heavy atom. The summed E-state index contributed by atoms with van der Waals surface area (Å²) in [4.78, 5) is 12.1. The van der Waals surface area contributed by atoms with Gasteiger partial charge in [-0.15, -0.1) is 0 Å². The van der Waals surface area contributed by atoms with E-state index in [2.05, 4.69) is 0 Å². The molecule has 0 fully saturated rings. The fourth-order valence-electron chi connectivity index (χ4n) is 1.84. The number of hydrogen-bond donors (Lipinski definition) is 2. The van der Waals surface area contributed by atoms with E-state index in [-0.39, 0.29) is 5.78 Å². The average Bonchev–Trinajstić information content (AvgIpc) is 2.41. The van der Waals surface area contributed by atoms with E-state index < -0.39 is 6.10 Å². The molecule has 1 unspecified atom stereocenters. The van der Waals surface area contributed by atoms with E-state index in [1.165, 1.54) is 0 Å². The highest BCUT2D eigenvalue weighted by Crippen LogP contribution is 2.26. The van der Waals surface area contributed by atoms with E-state index in [0.717, 1.165) is 5.56 Å². The molecule has 0 aromatic heterocycles. The minimum absolute atomic E-state index is 0.340. The first kappa shape index (κ1) is 12.3. The van der Waals surface area contributed by atoms with Gasteiger partial charge in [0.2, 0.25) is 0 Å². The molecule has 0 aliphatic rings. The lowest BCUT2D eigenvalue weighted by atomic mass is 9.97. The molecular formula is C15H15NO2. The highest BCUT2D eigenvalue weighted by Gasteiger charge is 2.21. The topological polar surface area (TPSA) is 63.3 Å². The monoisotopic (exact) mass is 241 g/mol. The number of aryl methyl sites for hydroxylation is 1. The van der Waals surface area contributed by atoms with Crippen LogP contribution in [0.25, 0.3) is 0 Å². The van der Waals surface area contributed by atoms with Crippen LogP contribution in [0.5, 0.6) is 0 Å². The first-order valence-electron chi connectivity index (χ1n) is 5.73. The highest BCUT2D eigenvalue weighted by molar-refractivity contribution is 6.00. The summed E-state index contributed by atoms with van der Waals surface area (Å²) < 4.78 is 0. The number of aliphatic hydroxyl groups excluding tert-OH is 1. The van der Waals surface area contributed by atoms with Crippen molar-refractivity contribution in [3.63, 3.8) is 0 Å². The zero-order valence-electron chi connectivity index (χ0n) is 10.1. The summed E-state index contributed by atoms with van der Waals surface area (Å²) in [6.45, 7) is 1.85. The molecule has 0 saturated carbocycles. The molecule has 0 spiro atoms. The molecule has 0 aliphatic heterocycles. The Kier molecular flexibility index (Phi) is 3.44. The molecule has 0 amide bonds. The number of aliphatic hydroxyl groups is 1. The molecule has 0 aliphatic carbocycles. The third-order valence-electron chi connectivity index (χ3n) is 2.96. The number of carbonyl (C=O) groups is 1. The van der Waals surface area contributed by atoms with Crippen molar-refractivity contribution in [3.05, 3.63) is 65.2 Å². The van der Waals surface area contributed by atoms with Crippen molar-refractivity contribution in [2.24, 2.45) is 0 Å². The van der Waals surface area contributed by atoms with Crippen LogP contribution in [-0.4, -0.2) is 10.9 Å². The fraction of sp³-hybridized carbons (Fsp3) is 0.133. The van der Waals surface area contributed by atoms with Gasteiger partial charge in [-0.1, -0.05) is 48.5 Å². The standard InChI is InChI=1S/C15H15NO2/c1-10-6-5-9-12(13(10)16)15(18)14(17)11-7-3-2-4-8-11/h2-9,15,18H,16H2,1H3. The second-order valence-corrected chi connectivity index (χ2v) is 4.21. The molecule has 92 valence electrons. The third kappa shape index (κ3) is 2.26. The lowest BCUT2D eigenvalue weighted by Crippen LogP contribution is -2.14. The molecule has 18 heavy (non-hydrogen) atoms. The summed E-state index contributed by atoms with van der Waals surface area (Å²) in [6.07, 6.45) is -1.22. The van der Waals surface area contributed by atoms with E-state index in [1.807, 2.05) is 19.1 Å². The summed E-state index contributed by atoms with van der Waals surface area (Å²) >= 11 is 0. The van der Waals surface area contributed by atoms with Crippen LogP contribution in [0.1, 0.15) is 27.6 Å². The number of nitrogen functional groups attached to an aromatic ring is 1. The quantitative estimate of drug-likeness (QED) is 0.641. The van der Waals surface area contributed by atoms with Crippen molar-refractivity contribution in [2.75, 3.05) is 5.73 Å². The molecule has 0 radical (unpaired) electrons. The van der Waals surface area contributed by atoms with Gasteiger partial charge in [0.05, 0.1) is 0 Å². The summed E-state index contributed by atoms with van der Waals surface area (Å²) in [5.74, 6) is -0.340. The van der Waals surface area contributed by atoms with Gasteiger partial charge in [0.15, 0.2) is 5.78 Å². The van der Waals surface area contributed by atoms with Gasteiger partial charge in [0.25, 0.3) is 0 Å². The van der Waals surface area contributed by atoms with E-state index in [1.54, 1.807) is 36.4 Å². The van der Waals surface area contributed by atoms with E-state index in [4.69, 9.17) is 5.73 Å². The predicted molar refractivity (Wildman–Crippen MR) is 71.3 cm³/mol. The Hall–Kier alpha value is -2.13. The maximum Gasteiger partial charge on any atom is 0.195 e. The fourth-order valence-corrected chi connectivity index (χ4v) is 1.84. The normalized spacial score (nSPS) is 12.1. The first-order chi connectivity index (χ1) is 8.61. The lowest BCUT2D eigenvalue weighted by molar-refractivity contribution is 0.0748. The van der Waals surface area contributed by atoms with Gasteiger partial charge < -0.3 is 10.8 Å². The Morgan fingerprint density at radius 3 is 2.44 bits per heavy atom. The predicted octanol–water partition coefficient (Wildman–Crippen LogP) is 2.49. The Balaban J connectivity index is 2.35. The van der Waals surface area contributed by atoms with Gasteiger partial charge in [0.1, 0.15) is 6.10 Å². The smallest absolute Gasteiger partial charge is 0.195 e. The van der Waals surface area contributed by atoms with Crippen molar-refractivity contribution >= 4 is 11.5 Å². The summed E-state index contributed by atoms with van der Waals surface area (Å²) in [5, 5.41) is 10.1. The zero-order valence-corrected chi connectivity index (χ0v) is 10.1. The Bertz CT molecular complexity index is 564. The van der Waals surface area contributed by atoms with Crippen LogP contribution in [0.4, 0.5) is 5.69 Å². The van der Waals surface area contributed by atoms with Crippen molar-refractivity contribution in [3.8, 4) is 0 Å². The van der Waals surface area contributed by atoms with Gasteiger partial charge in [0, 0.05) is 16.8 Å². The van der Waals surface area contributed by atoms with Crippen LogP contribution < -0.4 is 5.73 Å². The minimum atomic E-state index is -1.22. The molecule has 0 bridgehead atoms. The van der Waals surface area contributed by atoms with Crippen molar-refractivity contribution in [1.29, 1.82) is 0 Å². The zero-order chi connectivity index (χ0) is 13.1. The van der Waals surface area contributed by atoms with E-state index >= 15 is 0 Å². The number of anilines is 1. The van der Waals surface area contributed by atoms with Gasteiger partial charge in [-0.3, -0.25) is 4.79 Å². The van der Waals surface area contributed by atoms with E-state index in [9.17, 15) is 9.90 Å². The molecule has 2 aromatic rings. The van der Waals surface area contributed by atoms with Crippen LogP contribution in [-0.2, 0) is 0 Å². The summed E-state index contributed by atoms with van der Waals surface area (Å²) in [5.41, 5.74) is 8.15. The second-order valence-electron chi connectivity index (χ2n) is 4.21. The molecule has 2 rings (SSSR count). The number of carbonyl (C=O) groups excluding carboxylic acids is 1. The second kappa shape index (κ2) is 5.02. The first-order valence-corrected chi connectivity index (χ1v) is 5.73. The van der Waals surface area contributed by atoms with E-state index in [0.29, 0.717) is 16.8 Å². The maximum atomic E-state index is 12.1. The molecular weight excluding hydrogens is 226 g/mol. The minimum Gasteiger partial charge on any atom is -0.398 e. The molecule has 0 saturated heterocycles. The highest BCUT2D eigenvalue weighted by atomic mass is 16.3. The van der Waals surface area contributed by atoms with Gasteiger partial charge >= 0.3 is 0 Å². The van der Waals surface area contributed by atoms with Gasteiger partial charge in [-0.2, -0.15) is 0 Å². The van der Waals surface area contributed by atoms with Crippen LogP contribution in [0.3, 0.4) is 0 Å². The number of nitrogens with two attached hydrogens (primary N) is 1. The van der Waals surface area contributed by atoms with Crippen LogP contribution in [0.2, 0.25) is 0 Å². The molecule has 3 nitrogen and oxygen atoms in total. The number of ketones is 1. The Labute approximate surface area is 106 Å². The number of rotatable bonds is 3. The number of para-hydroxylation sites is 1. The third-order valence-corrected chi connectivity index (χ3v) is 2.96. The largest absolute Gasteiger partial charge is 0.398 e.